The first kappa shape index (κ1) is 24.9. The fraction of sp³-hybridized carbons (Fsp3) is 0.483. The molecule has 198 valence electrons. The molecule has 2 fully saturated rings. The van der Waals surface area contributed by atoms with E-state index in [0.29, 0.717) is 11.7 Å². The number of benzene rings is 1. The SMILES string of the molecule is Cc1nc2nc(C)c(CC3CCN(c4cnc(-c5ccc(CN6CCOCC6)cc5)c(C)n4)C3)c(C)n2n1. The minimum absolute atomic E-state index is 0.539. The summed E-state index contributed by atoms with van der Waals surface area (Å²) in [6, 6.07) is 8.76. The van der Waals surface area contributed by atoms with E-state index in [1.807, 2.05) is 17.6 Å². The lowest BCUT2D eigenvalue weighted by Crippen LogP contribution is -2.35. The van der Waals surface area contributed by atoms with Gasteiger partial charge in [0.25, 0.3) is 5.78 Å². The normalized spacial score (nSPS) is 18.5. The molecule has 6 rings (SSSR count). The topological polar surface area (TPSA) is 84.6 Å². The van der Waals surface area contributed by atoms with E-state index in [2.05, 4.69) is 64.9 Å². The van der Waals surface area contributed by atoms with Crippen LogP contribution in [0, 0.1) is 33.6 Å². The second kappa shape index (κ2) is 10.4. The molecule has 2 aliphatic rings. The van der Waals surface area contributed by atoms with E-state index in [-0.39, 0.29) is 0 Å². The van der Waals surface area contributed by atoms with Crippen LogP contribution < -0.4 is 4.90 Å². The zero-order valence-electron chi connectivity index (χ0n) is 22.8. The van der Waals surface area contributed by atoms with Crippen molar-refractivity contribution in [3.8, 4) is 11.3 Å². The van der Waals surface area contributed by atoms with Gasteiger partial charge in [-0.05, 0) is 57.6 Å². The molecule has 38 heavy (non-hydrogen) atoms. The van der Waals surface area contributed by atoms with Crippen molar-refractivity contribution in [3.63, 3.8) is 0 Å². The van der Waals surface area contributed by atoms with Gasteiger partial charge >= 0.3 is 0 Å². The Morgan fingerprint density at radius 3 is 2.47 bits per heavy atom. The number of ether oxygens (including phenoxy) is 1. The largest absolute Gasteiger partial charge is 0.379 e. The van der Waals surface area contributed by atoms with Crippen LogP contribution in [0.25, 0.3) is 17.0 Å². The molecule has 9 nitrogen and oxygen atoms in total. The van der Waals surface area contributed by atoms with Crippen LogP contribution >= 0.6 is 0 Å². The first-order valence-electron chi connectivity index (χ1n) is 13.6. The number of morpholine rings is 1. The van der Waals surface area contributed by atoms with E-state index in [9.17, 15) is 0 Å². The molecule has 0 spiro atoms. The van der Waals surface area contributed by atoms with Gasteiger partial charge in [-0.15, -0.1) is 0 Å². The number of hydrogen-bond acceptors (Lipinski definition) is 8. The third-order valence-corrected chi connectivity index (χ3v) is 7.93. The van der Waals surface area contributed by atoms with Gasteiger partial charge < -0.3 is 9.64 Å². The molecule has 1 unspecified atom stereocenters. The number of anilines is 1. The summed E-state index contributed by atoms with van der Waals surface area (Å²) < 4.78 is 7.34. The van der Waals surface area contributed by atoms with Crippen molar-refractivity contribution in [2.45, 2.75) is 47.1 Å². The van der Waals surface area contributed by atoms with Gasteiger partial charge in [-0.3, -0.25) is 9.88 Å². The molecule has 0 saturated carbocycles. The monoisotopic (exact) mass is 512 g/mol. The summed E-state index contributed by atoms with van der Waals surface area (Å²) in [4.78, 5) is 23.8. The summed E-state index contributed by atoms with van der Waals surface area (Å²) in [6.45, 7) is 14.8. The number of aryl methyl sites for hydroxylation is 4. The number of nitrogens with zero attached hydrogens (tertiary/aromatic N) is 8. The van der Waals surface area contributed by atoms with Gasteiger partial charge in [-0.2, -0.15) is 10.1 Å². The van der Waals surface area contributed by atoms with Gasteiger partial charge in [0.2, 0.25) is 0 Å². The predicted octanol–water partition coefficient (Wildman–Crippen LogP) is 3.72. The van der Waals surface area contributed by atoms with Gasteiger partial charge in [0.15, 0.2) is 0 Å². The van der Waals surface area contributed by atoms with Gasteiger partial charge in [-0.25, -0.2) is 14.5 Å². The Morgan fingerprint density at radius 1 is 0.921 bits per heavy atom. The van der Waals surface area contributed by atoms with Crippen molar-refractivity contribution in [2.24, 2.45) is 5.92 Å². The van der Waals surface area contributed by atoms with Gasteiger partial charge in [-0.1, -0.05) is 24.3 Å². The summed E-state index contributed by atoms with van der Waals surface area (Å²) >= 11 is 0. The maximum atomic E-state index is 5.46. The highest BCUT2D eigenvalue weighted by Gasteiger charge is 2.26. The molecule has 5 heterocycles. The molecular formula is C29H36N8O. The van der Waals surface area contributed by atoms with Crippen molar-refractivity contribution < 1.29 is 4.74 Å². The fourth-order valence-electron chi connectivity index (χ4n) is 5.79. The molecule has 4 aromatic rings. The zero-order valence-corrected chi connectivity index (χ0v) is 22.8. The highest BCUT2D eigenvalue weighted by Crippen LogP contribution is 2.29. The number of hydrogen-bond donors (Lipinski definition) is 0. The first-order chi connectivity index (χ1) is 18.4. The maximum Gasteiger partial charge on any atom is 0.252 e. The van der Waals surface area contributed by atoms with Crippen molar-refractivity contribution in [2.75, 3.05) is 44.3 Å². The first-order valence-corrected chi connectivity index (χ1v) is 13.6. The molecule has 0 aliphatic carbocycles. The molecule has 2 aliphatic heterocycles. The van der Waals surface area contributed by atoms with Crippen LogP contribution in [0.4, 0.5) is 5.82 Å². The molecular weight excluding hydrogens is 476 g/mol. The van der Waals surface area contributed by atoms with Gasteiger partial charge in [0.05, 0.1) is 30.8 Å². The van der Waals surface area contributed by atoms with E-state index in [4.69, 9.17) is 19.7 Å². The lowest BCUT2D eigenvalue weighted by atomic mass is 9.96. The average molecular weight is 513 g/mol. The molecule has 1 aromatic carbocycles. The number of rotatable bonds is 6. The average Bonchev–Trinajstić information content (AvgIpc) is 3.54. The second-order valence-corrected chi connectivity index (χ2v) is 10.7. The second-order valence-electron chi connectivity index (χ2n) is 10.7. The third-order valence-electron chi connectivity index (χ3n) is 7.93. The Kier molecular flexibility index (Phi) is 6.80. The minimum Gasteiger partial charge on any atom is -0.379 e. The van der Waals surface area contributed by atoms with Crippen LogP contribution in [0.15, 0.2) is 30.5 Å². The summed E-state index contributed by atoms with van der Waals surface area (Å²) in [5, 5.41) is 4.53. The van der Waals surface area contributed by atoms with E-state index in [1.54, 1.807) is 0 Å². The Labute approximate surface area is 223 Å². The van der Waals surface area contributed by atoms with E-state index < -0.39 is 0 Å². The Morgan fingerprint density at radius 2 is 1.71 bits per heavy atom. The maximum absolute atomic E-state index is 5.46. The van der Waals surface area contributed by atoms with E-state index >= 15 is 0 Å². The molecule has 9 heteroatoms. The van der Waals surface area contributed by atoms with Gasteiger partial charge in [0.1, 0.15) is 11.6 Å². The molecule has 0 radical (unpaired) electrons. The summed E-state index contributed by atoms with van der Waals surface area (Å²) in [7, 11) is 0. The summed E-state index contributed by atoms with van der Waals surface area (Å²) in [5.41, 5.74) is 7.83. The molecule has 1 atom stereocenters. The number of fused-ring (bicyclic) bond motifs is 1. The molecule has 2 saturated heterocycles. The van der Waals surface area contributed by atoms with Crippen LogP contribution in [-0.2, 0) is 17.7 Å². The van der Waals surface area contributed by atoms with E-state index in [0.717, 1.165) is 98.8 Å². The summed E-state index contributed by atoms with van der Waals surface area (Å²) in [6.07, 6.45) is 4.05. The lowest BCUT2D eigenvalue weighted by molar-refractivity contribution is 0.0342. The van der Waals surface area contributed by atoms with Crippen molar-refractivity contribution in [3.05, 3.63) is 64.5 Å². The smallest absolute Gasteiger partial charge is 0.252 e. The van der Waals surface area contributed by atoms with Gasteiger partial charge in [0, 0.05) is 49.7 Å². The quantitative estimate of drug-likeness (QED) is 0.387. The van der Waals surface area contributed by atoms with Crippen LogP contribution in [0.5, 0.6) is 0 Å². The highest BCUT2D eigenvalue weighted by molar-refractivity contribution is 5.63. The molecule has 0 bridgehead atoms. The molecule has 0 N–H and O–H groups in total. The molecule has 0 amide bonds. The van der Waals surface area contributed by atoms with Crippen LogP contribution in [0.1, 0.15) is 40.5 Å². The summed E-state index contributed by atoms with van der Waals surface area (Å²) in [5.74, 6) is 2.95. The Hall–Kier alpha value is -3.43. The zero-order chi connectivity index (χ0) is 26.2. The van der Waals surface area contributed by atoms with Crippen LogP contribution in [0.3, 0.4) is 0 Å². The Balaban J connectivity index is 1.12. The standard InChI is InChI=1S/C29H36N8O/c1-19-26(21(3)37-29(32-19)33-22(4)34-37)15-24-9-10-36(18-24)27-16-30-28(20(2)31-27)25-7-5-23(6-8-25)17-35-11-13-38-14-12-35/h5-8,16,24H,9-15,17-18H2,1-4H3. The lowest BCUT2D eigenvalue weighted by Gasteiger charge is -2.26. The van der Waals surface area contributed by atoms with Crippen LogP contribution in [0.2, 0.25) is 0 Å². The molecule has 3 aromatic heterocycles. The minimum atomic E-state index is 0.539. The van der Waals surface area contributed by atoms with Crippen molar-refractivity contribution >= 4 is 11.6 Å². The van der Waals surface area contributed by atoms with Crippen molar-refractivity contribution in [1.82, 2.24) is 34.4 Å². The third kappa shape index (κ3) is 5.00. The predicted molar refractivity (Wildman–Crippen MR) is 147 cm³/mol. The number of aromatic nitrogens is 6. The Bertz CT molecular complexity index is 1440. The van der Waals surface area contributed by atoms with Crippen molar-refractivity contribution in [1.29, 1.82) is 0 Å². The van der Waals surface area contributed by atoms with E-state index in [1.165, 1.54) is 11.1 Å². The fourth-order valence-corrected chi connectivity index (χ4v) is 5.79. The van der Waals surface area contributed by atoms with Crippen LogP contribution in [-0.4, -0.2) is 73.8 Å². The highest BCUT2D eigenvalue weighted by atomic mass is 16.5.